The van der Waals surface area contributed by atoms with Crippen LogP contribution >= 0.6 is 0 Å². The second-order valence-electron chi connectivity index (χ2n) is 4.40. The minimum atomic E-state index is -0.827. The van der Waals surface area contributed by atoms with Crippen molar-refractivity contribution < 1.29 is 14.6 Å². The highest BCUT2D eigenvalue weighted by Crippen LogP contribution is 2.30. The first-order valence-electron chi connectivity index (χ1n) is 6.08. The Balaban J connectivity index is 1.99. The fraction of sp³-hybridized carbons (Fsp3) is 0.133. The number of aliphatic hydroxyl groups excluding tert-OH is 1. The lowest BCUT2D eigenvalue weighted by molar-refractivity contribution is 0.0747. The minimum Gasteiger partial charge on any atom is -0.457 e. The number of carbonyl (C=O) groups excluding carboxylic acids is 1. The van der Waals surface area contributed by atoms with Gasteiger partial charge < -0.3 is 15.2 Å². The first-order valence-corrected chi connectivity index (χ1v) is 6.08. The molecule has 19 heavy (non-hydrogen) atoms. The Hall–Kier alpha value is -2.33. The lowest BCUT2D eigenvalue weighted by Gasteiger charge is -2.23. The number of ether oxygens (including phenoxy) is 1. The van der Waals surface area contributed by atoms with E-state index in [4.69, 9.17) is 4.74 Å². The van der Waals surface area contributed by atoms with E-state index in [-0.39, 0.29) is 5.91 Å². The van der Waals surface area contributed by atoms with Crippen LogP contribution < -0.4 is 10.1 Å². The van der Waals surface area contributed by atoms with Gasteiger partial charge >= 0.3 is 0 Å². The second-order valence-corrected chi connectivity index (χ2v) is 4.40. The molecule has 3 rings (SSSR count). The fourth-order valence-corrected chi connectivity index (χ4v) is 2.19. The van der Waals surface area contributed by atoms with Crippen molar-refractivity contribution in [2.75, 3.05) is 0 Å². The first-order chi connectivity index (χ1) is 9.24. The monoisotopic (exact) mass is 255 g/mol. The highest BCUT2D eigenvalue weighted by atomic mass is 16.5. The lowest BCUT2D eigenvalue weighted by Crippen LogP contribution is -2.41. The number of fused-ring (bicyclic) bond motifs is 1. The fourth-order valence-electron chi connectivity index (χ4n) is 2.19. The van der Waals surface area contributed by atoms with E-state index < -0.39 is 6.23 Å². The average molecular weight is 255 g/mol. The SMILES string of the molecule is O=C1NC(O)Cc2cccc(Oc3ccccc3)c21. The number of carbonyl (C=O) groups is 1. The zero-order valence-corrected chi connectivity index (χ0v) is 10.2. The summed E-state index contributed by atoms with van der Waals surface area (Å²) in [4.78, 5) is 12.0. The molecule has 0 saturated carbocycles. The summed E-state index contributed by atoms with van der Waals surface area (Å²) in [5, 5.41) is 12.0. The molecule has 1 heterocycles. The maximum atomic E-state index is 12.0. The van der Waals surface area contributed by atoms with Crippen molar-refractivity contribution in [2.24, 2.45) is 0 Å². The molecule has 1 unspecified atom stereocenters. The van der Waals surface area contributed by atoms with Gasteiger partial charge in [0.15, 0.2) is 0 Å². The number of hydrogen-bond acceptors (Lipinski definition) is 3. The predicted octanol–water partition coefficient (Wildman–Crippen LogP) is 2.08. The minimum absolute atomic E-state index is 0.305. The molecule has 0 fully saturated rings. The van der Waals surface area contributed by atoms with Crippen LogP contribution in [0.2, 0.25) is 0 Å². The van der Waals surface area contributed by atoms with Gasteiger partial charge in [-0.1, -0.05) is 30.3 Å². The molecule has 2 aromatic carbocycles. The molecule has 2 aromatic rings. The van der Waals surface area contributed by atoms with Gasteiger partial charge in [-0.2, -0.15) is 0 Å². The number of benzene rings is 2. The summed E-state index contributed by atoms with van der Waals surface area (Å²) in [5.74, 6) is 0.878. The summed E-state index contributed by atoms with van der Waals surface area (Å²) in [6.07, 6.45) is -0.431. The molecule has 1 amide bonds. The van der Waals surface area contributed by atoms with Crippen molar-refractivity contribution in [2.45, 2.75) is 12.6 Å². The van der Waals surface area contributed by atoms with Gasteiger partial charge in [0.05, 0.1) is 5.56 Å². The van der Waals surface area contributed by atoms with E-state index >= 15 is 0 Å². The van der Waals surface area contributed by atoms with Crippen LogP contribution in [0.15, 0.2) is 48.5 Å². The van der Waals surface area contributed by atoms with Gasteiger partial charge in [0.2, 0.25) is 0 Å². The Kier molecular flexibility index (Phi) is 2.93. The van der Waals surface area contributed by atoms with Crippen molar-refractivity contribution in [1.29, 1.82) is 0 Å². The van der Waals surface area contributed by atoms with Crippen molar-refractivity contribution in [3.8, 4) is 11.5 Å². The molecule has 0 radical (unpaired) electrons. The first kappa shape index (κ1) is 11.7. The highest BCUT2D eigenvalue weighted by molar-refractivity contribution is 5.99. The van der Waals surface area contributed by atoms with Crippen molar-refractivity contribution in [1.82, 2.24) is 5.32 Å². The normalized spacial score (nSPS) is 17.5. The van der Waals surface area contributed by atoms with E-state index in [0.717, 1.165) is 5.56 Å². The number of para-hydroxylation sites is 1. The quantitative estimate of drug-likeness (QED) is 0.863. The van der Waals surface area contributed by atoms with Gasteiger partial charge in [-0.3, -0.25) is 4.79 Å². The number of rotatable bonds is 2. The Morgan fingerprint density at radius 3 is 2.68 bits per heavy atom. The standard InChI is InChI=1S/C15H13NO3/c17-13-9-10-5-4-8-12(14(10)15(18)16-13)19-11-6-2-1-3-7-11/h1-8,13,17H,9H2,(H,16,18). The Morgan fingerprint density at radius 1 is 1.11 bits per heavy atom. The Bertz CT molecular complexity index is 610. The van der Waals surface area contributed by atoms with E-state index in [2.05, 4.69) is 5.32 Å². The largest absolute Gasteiger partial charge is 0.457 e. The molecule has 0 spiro atoms. The number of amides is 1. The lowest BCUT2D eigenvalue weighted by atomic mass is 9.98. The molecule has 0 aliphatic carbocycles. The number of aliphatic hydroxyl groups is 1. The van der Waals surface area contributed by atoms with Crippen LogP contribution in [0.25, 0.3) is 0 Å². The predicted molar refractivity (Wildman–Crippen MR) is 70.1 cm³/mol. The van der Waals surface area contributed by atoms with Crippen LogP contribution in [0, 0.1) is 0 Å². The summed E-state index contributed by atoms with van der Waals surface area (Å²) in [6, 6.07) is 14.7. The maximum absolute atomic E-state index is 12.0. The molecule has 2 N–H and O–H groups in total. The molecular formula is C15H13NO3. The summed E-state index contributed by atoms with van der Waals surface area (Å²) in [7, 11) is 0. The summed E-state index contributed by atoms with van der Waals surface area (Å²) >= 11 is 0. The molecule has 4 nitrogen and oxygen atoms in total. The summed E-state index contributed by atoms with van der Waals surface area (Å²) < 4.78 is 5.74. The van der Waals surface area contributed by atoms with E-state index in [9.17, 15) is 9.90 Å². The molecule has 1 aliphatic rings. The van der Waals surface area contributed by atoms with E-state index in [1.807, 2.05) is 42.5 Å². The van der Waals surface area contributed by atoms with Gasteiger partial charge in [-0.25, -0.2) is 0 Å². The van der Waals surface area contributed by atoms with Crippen LogP contribution in [0.5, 0.6) is 11.5 Å². The van der Waals surface area contributed by atoms with Crippen LogP contribution in [0.4, 0.5) is 0 Å². The van der Waals surface area contributed by atoms with Crippen LogP contribution in [-0.4, -0.2) is 17.2 Å². The van der Waals surface area contributed by atoms with Crippen LogP contribution in [0.3, 0.4) is 0 Å². The topological polar surface area (TPSA) is 58.6 Å². The molecule has 4 heteroatoms. The molecule has 0 saturated heterocycles. The van der Waals surface area contributed by atoms with Crippen molar-refractivity contribution in [3.63, 3.8) is 0 Å². The zero-order chi connectivity index (χ0) is 13.2. The van der Waals surface area contributed by atoms with Gasteiger partial charge in [-0.05, 0) is 23.8 Å². The van der Waals surface area contributed by atoms with Gasteiger partial charge in [0.1, 0.15) is 17.7 Å². The van der Waals surface area contributed by atoms with E-state index in [0.29, 0.717) is 23.5 Å². The third kappa shape index (κ3) is 2.30. The Morgan fingerprint density at radius 2 is 1.89 bits per heavy atom. The van der Waals surface area contributed by atoms with Gasteiger partial charge in [0.25, 0.3) is 5.91 Å². The van der Waals surface area contributed by atoms with Gasteiger partial charge in [0, 0.05) is 6.42 Å². The third-order valence-corrected chi connectivity index (χ3v) is 3.02. The van der Waals surface area contributed by atoms with E-state index in [1.165, 1.54) is 0 Å². The molecular weight excluding hydrogens is 242 g/mol. The van der Waals surface area contributed by atoms with E-state index in [1.54, 1.807) is 6.07 Å². The highest BCUT2D eigenvalue weighted by Gasteiger charge is 2.26. The number of hydrogen-bond donors (Lipinski definition) is 2. The number of nitrogens with one attached hydrogen (secondary N) is 1. The molecule has 0 aromatic heterocycles. The second kappa shape index (κ2) is 4.74. The van der Waals surface area contributed by atoms with Crippen molar-refractivity contribution >= 4 is 5.91 Å². The molecule has 1 aliphatic heterocycles. The van der Waals surface area contributed by atoms with Gasteiger partial charge in [-0.15, -0.1) is 0 Å². The molecule has 96 valence electrons. The Labute approximate surface area is 110 Å². The molecule has 0 bridgehead atoms. The van der Waals surface area contributed by atoms with Crippen molar-refractivity contribution in [3.05, 3.63) is 59.7 Å². The van der Waals surface area contributed by atoms with Crippen LogP contribution in [-0.2, 0) is 6.42 Å². The van der Waals surface area contributed by atoms with Crippen LogP contribution in [0.1, 0.15) is 15.9 Å². The summed E-state index contributed by atoms with van der Waals surface area (Å²) in [6.45, 7) is 0. The maximum Gasteiger partial charge on any atom is 0.257 e. The average Bonchev–Trinajstić information content (AvgIpc) is 2.39. The summed E-state index contributed by atoms with van der Waals surface area (Å²) in [5.41, 5.74) is 1.29. The third-order valence-electron chi connectivity index (χ3n) is 3.02. The smallest absolute Gasteiger partial charge is 0.257 e. The zero-order valence-electron chi connectivity index (χ0n) is 10.2. The molecule has 1 atom stereocenters.